The summed E-state index contributed by atoms with van der Waals surface area (Å²) in [5.74, 6) is -0.106. The summed E-state index contributed by atoms with van der Waals surface area (Å²) in [6, 6.07) is 4.29. The van der Waals surface area contributed by atoms with E-state index in [0.29, 0.717) is 18.9 Å². The molecule has 0 bridgehead atoms. The van der Waals surface area contributed by atoms with Crippen molar-refractivity contribution >= 4 is 5.91 Å². The lowest BCUT2D eigenvalue weighted by Crippen LogP contribution is -2.43. The van der Waals surface area contributed by atoms with Crippen molar-refractivity contribution in [3.05, 3.63) is 23.8 Å². The van der Waals surface area contributed by atoms with E-state index in [1.165, 1.54) is 18.2 Å². The van der Waals surface area contributed by atoms with Crippen molar-refractivity contribution in [1.82, 2.24) is 10.6 Å². The average Bonchev–Trinajstić information content (AvgIpc) is 2.59. The molecular weight excluding hydrogens is 337 g/mol. The van der Waals surface area contributed by atoms with E-state index in [1.807, 2.05) is 0 Å². The van der Waals surface area contributed by atoms with Crippen molar-refractivity contribution in [2.24, 2.45) is 0 Å². The Hall–Kier alpha value is -1.96. The maximum Gasteiger partial charge on any atom is 0.422 e. The number of rotatable bonds is 7. The molecule has 0 aromatic heterocycles. The Morgan fingerprint density at radius 3 is 2.76 bits per heavy atom. The van der Waals surface area contributed by atoms with E-state index in [4.69, 9.17) is 9.47 Å². The maximum atomic E-state index is 12.4. The molecular formula is C17H23F3N2O3. The summed E-state index contributed by atoms with van der Waals surface area (Å²) in [5.41, 5.74) is 0.164. The molecule has 0 aliphatic carbocycles. The largest absolute Gasteiger partial charge is 0.493 e. The molecule has 25 heavy (non-hydrogen) atoms. The summed E-state index contributed by atoms with van der Waals surface area (Å²) in [5, 5.41) is 6.13. The standard InChI is InChI=1S/C17H23F3N2O3/c1-2-24-15-7-6-13(25-11-17(18,19)20)9-14(15)16(23)22-10-12-5-3-4-8-21-12/h6-7,9,12,21H,2-5,8,10-11H2,1H3,(H,22,23). The number of carbonyl (C=O) groups excluding carboxylic acids is 1. The van der Waals surface area contributed by atoms with Crippen LogP contribution in [0, 0.1) is 0 Å². The van der Waals surface area contributed by atoms with E-state index < -0.39 is 18.7 Å². The number of hydrogen-bond acceptors (Lipinski definition) is 4. The fourth-order valence-electron chi connectivity index (χ4n) is 2.63. The minimum absolute atomic E-state index is 0.0262. The van der Waals surface area contributed by atoms with Gasteiger partial charge in [-0.05, 0) is 44.5 Å². The van der Waals surface area contributed by atoms with Gasteiger partial charge in [-0.3, -0.25) is 4.79 Å². The third-order valence-corrected chi connectivity index (χ3v) is 3.82. The summed E-state index contributed by atoms with van der Waals surface area (Å²) < 4.78 is 47.0. The highest BCUT2D eigenvalue weighted by molar-refractivity contribution is 5.97. The molecule has 1 fully saturated rings. The molecule has 0 radical (unpaired) electrons. The molecule has 1 saturated heterocycles. The Labute approximate surface area is 144 Å². The molecule has 1 aromatic carbocycles. The van der Waals surface area contributed by atoms with Gasteiger partial charge in [0, 0.05) is 12.6 Å². The number of nitrogens with one attached hydrogen (secondary N) is 2. The molecule has 1 amide bonds. The summed E-state index contributed by atoms with van der Waals surface area (Å²) in [6.45, 7) is 2.08. The van der Waals surface area contributed by atoms with E-state index in [-0.39, 0.29) is 17.4 Å². The molecule has 1 aliphatic heterocycles. The SMILES string of the molecule is CCOc1ccc(OCC(F)(F)F)cc1C(=O)NCC1CCCCN1. The normalized spacial score (nSPS) is 17.8. The summed E-state index contributed by atoms with van der Waals surface area (Å²) in [4.78, 5) is 12.4. The highest BCUT2D eigenvalue weighted by atomic mass is 19.4. The van der Waals surface area contributed by atoms with Crippen LogP contribution in [0.15, 0.2) is 18.2 Å². The molecule has 140 valence electrons. The van der Waals surface area contributed by atoms with Crippen LogP contribution in [0.4, 0.5) is 13.2 Å². The number of carbonyl (C=O) groups is 1. The van der Waals surface area contributed by atoms with Gasteiger partial charge in [-0.2, -0.15) is 13.2 Å². The molecule has 1 unspecified atom stereocenters. The van der Waals surface area contributed by atoms with Gasteiger partial charge < -0.3 is 20.1 Å². The van der Waals surface area contributed by atoms with E-state index in [2.05, 4.69) is 10.6 Å². The van der Waals surface area contributed by atoms with Crippen LogP contribution < -0.4 is 20.1 Å². The van der Waals surface area contributed by atoms with Gasteiger partial charge in [0.2, 0.25) is 0 Å². The summed E-state index contributed by atoms with van der Waals surface area (Å²) >= 11 is 0. The van der Waals surface area contributed by atoms with Crippen LogP contribution in [0.5, 0.6) is 11.5 Å². The van der Waals surface area contributed by atoms with Crippen molar-refractivity contribution in [1.29, 1.82) is 0 Å². The molecule has 2 N–H and O–H groups in total. The monoisotopic (exact) mass is 360 g/mol. The molecule has 1 aromatic rings. The number of benzene rings is 1. The van der Waals surface area contributed by atoms with Crippen LogP contribution >= 0.6 is 0 Å². The predicted molar refractivity (Wildman–Crippen MR) is 87.1 cm³/mol. The number of piperidine rings is 1. The van der Waals surface area contributed by atoms with E-state index in [9.17, 15) is 18.0 Å². The van der Waals surface area contributed by atoms with E-state index in [0.717, 1.165) is 25.8 Å². The van der Waals surface area contributed by atoms with Gasteiger partial charge in [0.1, 0.15) is 11.5 Å². The Kier molecular flexibility index (Phi) is 6.92. The second-order valence-electron chi connectivity index (χ2n) is 5.85. The van der Waals surface area contributed by atoms with Crippen LogP contribution in [0.1, 0.15) is 36.5 Å². The van der Waals surface area contributed by atoms with Gasteiger partial charge in [0.05, 0.1) is 12.2 Å². The Morgan fingerprint density at radius 1 is 1.32 bits per heavy atom. The third kappa shape index (κ3) is 6.45. The topological polar surface area (TPSA) is 59.6 Å². The smallest absolute Gasteiger partial charge is 0.422 e. The molecule has 1 heterocycles. The van der Waals surface area contributed by atoms with Crippen LogP contribution in [-0.4, -0.2) is 44.4 Å². The zero-order valence-corrected chi connectivity index (χ0v) is 14.1. The van der Waals surface area contributed by atoms with Gasteiger partial charge in [-0.25, -0.2) is 0 Å². The lowest BCUT2D eigenvalue weighted by atomic mass is 10.0. The fraction of sp³-hybridized carbons (Fsp3) is 0.588. The predicted octanol–water partition coefficient (Wildman–Crippen LogP) is 2.90. The molecule has 0 spiro atoms. The Balaban J connectivity index is 2.04. The zero-order chi connectivity index (χ0) is 18.3. The number of amides is 1. The number of ether oxygens (including phenoxy) is 2. The lowest BCUT2D eigenvalue weighted by Gasteiger charge is -2.23. The quantitative estimate of drug-likeness (QED) is 0.785. The fourth-order valence-corrected chi connectivity index (χ4v) is 2.63. The van der Waals surface area contributed by atoms with Crippen LogP contribution in [0.25, 0.3) is 0 Å². The van der Waals surface area contributed by atoms with Crippen LogP contribution in [0.2, 0.25) is 0 Å². The molecule has 1 atom stereocenters. The van der Waals surface area contributed by atoms with Crippen molar-refractivity contribution in [2.75, 3.05) is 26.3 Å². The second-order valence-corrected chi connectivity index (χ2v) is 5.85. The molecule has 0 saturated carbocycles. The van der Waals surface area contributed by atoms with E-state index >= 15 is 0 Å². The highest BCUT2D eigenvalue weighted by Gasteiger charge is 2.28. The second kappa shape index (κ2) is 8.94. The van der Waals surface area contributed by atoms with Crippen LogP contribution in [0.3, 0.4) is 0 Å². The molecule has 5 nitrogen and oxygen atoms in total. The Bertz CT molecular complexity index is 573. The minimum atomic E-state index is -4.44. The molecule has 1 aliphatic rings. The lowest BCUT2D eigenvalue weighted by molar-refractivity contribution is -0.153. The maximum absolute atomic E-state index is 12.4. The first kappa shape index (κ1) is 19.4. The average molecular weight is 360 g/mol. The first-order valence-electron chi connectivity index (χ1n) is 8.37. The minimum Gasteiger partial charge on any atom is -0.493 e. The number of hydrogen-bond donors (Lipinski definition) is 2. The van der Waals surface area contributed by atoms with Gasteiger partial charge in [-0.15, -0.1) is 0 Å². The molecule has 2 rings (SSSR count). The number of alkyl halides is 3. The van der Waals surface area contributed by atoms with Crippen molar-refractivity contribution in [3.8, 4) is 11.5 Å². The number of halogens is 3. The van der Waals surface area contributed by atoms with Crippen molar-refractivity contribution < 1.29 is 27.4 Å². The Morgan fingerprint density at radius 2 is 2.12 bits per heavy atom. The van der Waals surface area contributed by atoms with Gasteiger partial charge in [-0.1, -0.05) is 6.42 Å². The summed E-state index contributed by atoms with van der Waals surface area (Å²) in [7, 11) is 0. The summed E-state index contributed by atoms with van der Waals surface area (Å²) in [6.07, 6.45) is -1.23. The van der Waals surface area contributed by atoms with Gasteiger partial charge >= 0.3 is 6.18 Å². The zero-order valence-electron chi connectivity index (χ0n) is 14.1. The van der Waals surface area contributed by atoms with Gasteiger partial charge in [0.25, 0.3) is 5.91 Å². The van der Waals surface area contributed by atoms with Crippen LogP contribution in [-0.2, 0) is 0 Å². The van der Waals surface area contributed by atoms with E-state index in [1.54, 1.807) is 6.92 Å². The van der Waals surface area contributed by atoms with Crippen molar-refractivity contribution in [2.45, 2.75) is 38.4 Å². The third-order valence-electron chi connectivity index (χ3n) is 3.82. The first-order valence-corrected chi connectivity index (χ1v) is 8.37. The van der Waals surface area contributed by atoms with Gasteiger partial charge in [0.15, 0.2) is 6.61 Å². The molecule has 8 heteroatoms. The highest BCUT2D eigenvalue weighted by Crippen LogP contribution is 2.26. The van der Waals surface area contributed by atoms with Crippen molar-refractivity contribution in [3.63, 3.8) is 0 Å². The first-order chi connectivity index (χ1) is 11.9.